The molecule has 0 heterocycles. The number of hydrogen-bond donors (Lipinski definition) is 1. The van der Waals surface area contributed by atoms with E-state index in [2.05, 4.69) is 5.32 Å². The van der Waals surface area contributed by atoms with Gasteiger partial charge in [-0.25, -0.2) is 4.39 Å². The Balaban J connectivity index is 1.72. The summed E-state index contributed by atoms with van der Waals surface area (Å²) in [5, 5.41) is 2.74. The number of carbonyl (C=O) groups excluding carboxylic acids is 1. The zero-order chi connectivity index (χ0) is 16.7. The lowest BCUT2D eigenvalue weighted by Crippen LogP contribution is -2.38. The zero-order valence-corrected chi connectivity index (χ0v) is 13.2. The molecule has 0 aliphatic carbocycles. The van der Waals surface area contributed by atoms with E-state index in [1.54, 1.807) is 6.92 Å². The van der Waals surface area contributed by atoms with Crippen molar-refractivity contribution < 1.29 is 18.7 Å². The molecule has 0 bridgehead atoms. The van der Waals surface area contributed by atoms with Crippen molar-refractivity contribution in [3.05, 3.63) is 59.9 Å². The number of hydrogen-bond acceptors (Lipinski definition) is 3. The van der Waals surface area contributed by atoms with E-state index in [1.165, 1.54) is 24.3 Å². The first-order valence-electron chi connectivity index (χ1n) is 7.44. The average molecular weight is 317 g/mol. The van der Waals surface area contributed by atoms with Crippen LogP contribution in [0.25, 0.3) is 0 Å². The molecule has 1 N–H and O–H groups in total. The van der Waals surface area contributed by atoms with Crippen LogP contribution in [0.15, 0.2) is 48.5 Å². The van der Waals surface area contributed by atoms with Crippen LogP contribution in [0.5, 0.6) is 11.5 Å². The third-order valence-corrected chi connectivity index (χ3v) is 3.25. The number of amides is 1. The third-order valence-electron chi connectivity index (χ3n) is 3.25. The van der Waals surface area contributed by atoms with Gasteiger partial charge in [0.1, 0.15) is 23.9 Å². The van der Waals surface area contributed by atoms with E-state index in [0.717, 1.165) is 11.3 Å². The van der Waals surface area contributed by atoms with Gasteiger partial charge >= 0.3 is 0 Å². The quantitative estimate of drug-likeness (QED) is 0.798. The van der Waals surface area contributed by atoms with Gasteiger partial charge in [-0.05, 0) is 49.7 Å². The lowest BCUT2D eigenvalue weighted by atomic mass is 10.2. The molecule has 5 heteroatoms. The topological polar surface area (TPSA) is 47.6 Å². The van der Waals surface area contributed by atoms with Crippen molar-refractivity contribution >= 4 is 5.91 Å². The maximum absolute atomic E-state index is 12.8. The molecule has 0 aliphatic heterocycles. The number of ether oxygens (including phenoxy) is 2. The number of nitrogens with one attached hydrogen (secondary N) is 1. The van der Waals surface area contributed by atoms with Crippen LogP contribution in [0.1, 0.15) is 12.5 Å². The van der Waals surface area contributed by atoms with Crippen LogP contribution in [0, 0.1) is 12.7 Å². The zero-order valence-electron chi connectivity index (χ0n) is 13.2. The molecule has 2 aromatic rings. The smallest absolute Gasteiger partial charge is 0.260 e. The van der Waals surface area contributed by atoms with Crippen LogP contribution >= 0.6 is 0 Å². The second-order valence-corrected chi connectivity index (χ2v) is 5.12. The molecule has 0 unspecified atom stereocenters. The standard InChI is InChI=1S/C18H20FNO3/c1-13-5-3-4-6-17(13)22-12-11-20-18(21)14(2)23-16-9-7-15(19)8-10-16/h3-10,14H,11-12H2,1-2H3,(H,20,21)/t14-/m1/s1. The van der Waals surface area contributed by atoms with E-state index in [9.17, 15) is 9.18 Å². The fourth-order valence-electron chi connectivity index (χ4n) is 1.97. The first-order valence-corrected chi connectivity index (χ1v) is 7.44. The lowest BCUT2D eigenvalue weighted by Gasteiger charge is -2.15. The summed E-state index contributed by atoms with van der Waals surface area (Å²) in [6, 6.07) is 13.2. The van der Waals surface area contributed by atoms with Crippen LogP contribution in [-0.2, 0) is 4.79 Å². The van der Waals surface area contributed by atoms with E-state index in [1.807, 2.05) is 31.2 Å². The van der Waals surface area contributed by atoms with E-state index < -0.39 is 6.10 Å². The highest BCUT2D eigenvalue weighted by atomic mass is 19.1. The van der Waals surface area contributed by atoms with E-state index in [-0.39, 0.29) is 11.7 Å². The van der Waals surface area contributed by atoms with Crippen molar-refractivity contribution in [2.75, 3.05) is 13.2 Å². The van der Waals surface area contributed by atoms with Crippen molar-refractivity contribution in [3.63, 3.8) is 0 Å². The van der Waals surface area contributed by atoms with Crippen molar-refractivity contribution in [1.82, 2.24) is 5.32 Å². The minimum atomic E-state index is -0.668. The maximum Gasteiger partial charge on any atom is 0.260 e. The average Bonchev–Trinajstić information content (AvgIpc) is 2.55. The summed E-state index contributed by atoms with van der Waals surface area (Å²) < 4.78 is 23.9. The van der Waals surface area contributed by atoms with Gasteiger partial charge in [-0.3, -0.25) is 4.79 Å². The van der Waals surface area contributed by atoms with Gasteiger partial charge in [-0.2, -0.15) is 0 Å². The van der Waals surface area contributed by atoms with E-state index in [0.29, 0.717) is 18.9 Å². The van der Waals surface area contributed by atoms with Crippen molar-refractivity contribution in [2.24, 2.45) is 0 Å². The molecule has 0 aromatic heterocycles. The highest BCUT2D eigenvalue weighted by Gasteiger charge is 2.14. The Morgan fingerprint density at radius 3 is 2.57 bits per heavy atom. The van der Waals surface area contributed by atoms with E-state index in [4.69, 9.17) is 9.47 Å². The Kier molecular flexibility index (Phi) is 5.97. The molecule has 2 rings (SSSR count). The summed E-state index contributed by atoms with van der Waals surface area (Å²) in [6.07, 6.45) is -0.668. The number of aryl methyl sites for hydroxylation is 1. The fraction of sp³-hybridized carbons (Fsp3) is 0.278. The summed E-state index contributed by atoms with van der Waals surface area (Å²) in [5.74, 6) is 0.660. The normalized spacial score (nSPS) is 11.6. The molecule has 0 saturated carbocycles. The van der Waals surface area contributed by atoms with Crippen LogP contribution < -0.4 is 14.8 Å². The van der Waals surface area contributed by atoms with Crippen LogP contribution in [0.2, 0.25) is 0 Å². The Morgan fingerprint density at radius 1 is 1.17 bits per heavy atom. The van der Waals surface area contributed by atoms with Crippen LogP contribution in [0.3, 0.4) is 0 Å². The summed E-state index contributed by atoms with van der Waals surface area (Å²) in [4.78, 5) is 11.9. The van der Waals surface area contributed by atoms with Crippen LogP contribution in [-0.4, -0.2) is 25.2 Å². The summed E-state index contributed by atoms with van der Waals surface area (Å²) in [7, 11) is 0. The van der Waals surface area contributed by atoms with Gasteiger partial charge in [0, 0.05) is 0 Å². The molecule has 0 radical (unpaired) electrons. The molecule has 122 valence electrons. The second-order valence-electron chi connectivity index (χ2n) is 5.12. The predicted octanol–water partition coefficient (Wildman–Crippen LogP) is 3.10. The third kappa shape index (κ3) is 5.29. The minimum Gasteiger partial charge on any atom is -0.491 e. The molecule has 0 spiro atoms. The SMILES string of the molecule is Cc1ccccc1OCCNC(=O)[C@@H](C)Oc1ccc(F)cc1. The molecule has 0 aliphatic rings. The van der Waals surface area contributed by atoms with Gasteiger partial charge in [0.2, 0.25) is 0 Å². The minimum absolute atomic E-state index is 0.247. The number of benzene rings is 2. The van der Waals surface area contributed by atoms with Gasteiger partial charge in [0.05, 0.1) is 6.54 Å². The highest BCUT2D eigenvalue weighted by Crippen LogP contribution is 2.15. The van der Waals surface area contributed by atoms with Gasteiger partial charge in [-0.15, -0.1) is 0 Å². The van der Waals surface area contributed by atoms with Gasteiger partial charge in [-0.1, -0.05) is 18.2 Å². The maximum atomic E-state index is 12.8. The predicted molar refractivity (Wildman–Crippen MR) is 86.2 cm³/mol. The van der Waals surface area contributed by atoms with Gasteiger partial charge < -0.3 is 14.8 Å². The summed E-state index contributed by atoms with van der Waals surface area (Å²) in [5.41, 5.74) is 1.05. The first kappa shape index (κ1) is 16.8. The second kappa shape index (κ2) is 8.17. The molecule has 0 saturated heterocycles. The summed E-state index contributed by atoms with van der Waals surface area (Å²) >= 11 is 0. The Labute approximate surface area is 135 Å². The molecule has 0 fully saturated rings. The Hall–Kier alpha value is -2.56. The monoisotopic (exact) mass is 317 g/mol. The number of carbonyl (C=O) groups is 1. The fourth-order valence-corrected chi connectivity index (χ4v) is 1.97. The molecule has 2 aromatic carbocycles. The first-order chi connectivity index (χ1) is 11.1. The molecular formula is C18H20FNO3. The largest absolute Gasteiger partial charge is 0.491 e. The van der Waals surface area contributed by atoms with Crippen molar-refractivity contribution in [3.8, 4) is 11.5 Å². The highest BCUT2D eigenvalue weighted by molar-refractivity contribution is 5.80. The molecule has 4 nitrogen and oxygen atoms in total. The molecule has 23 heavy (non-hydrogen) atoms. The number of rotatable bonds is 7. The summed E-state index contributed by atoms with van der Waals surface area (Å²) in [6.45, 7) is 4.36. The Morgan fingerprint density at radius 2 is 1.87 bits per heavy atom. The van der Waals surface area contributed by atoms with E-state index >= 15 is 0 Å². The lowest BCUT2D eigenvalue weighted by molar-refractivity contribution is -0.127. The molecule has 1 amide bonds. The Bertz CT molecular complexity index is 643. The number of halogens is 1. The molecular weight excluding hydrogens is 297 g/mol. The molecule has 1 atom stereocenters. The van der Waals surface area contributed by atoms with Crippen molar-refractivity contribution in [1.29, 1.82) is 0 Å². The van der Waals surface area contributed by atoms with Crippen LogP contribution in [0.4, 0.5) is 4.39 Å². The van der Waals surface area contributed by atoms with Gasteiger partial charge in [0.15, 0.2) is 6.10 Å². The van der Waals surface area contributed by atoms with Gasteiger partial charge in [0.25, 0.3) is 5.91 Å². The number of para-hydroxylation sites is 1. The van der Waals surface area contributed by atoms with Crippen molar-refractivity contribution in [2.45, 2.75) is 20.0 Å².